The third kappa shape index (κ3) is 6.16. The minimum atomic E-state index is -0.304. The van der Waals surface area contributed by atoms with Crippen molar-refractivity contribution < 1.29 is 9.84 Å². The summed E-state index contributed by atoms with van der Waals surface area (Å²) in [5.41, 5.74) is 2.37. The lowest BCUT2D eigenvalue weighted by atomic mass is 10.2. The van der Waals surface area contributed by atoms with Gasteiger partial charge in [0.05, 0.1) is 12.2 Å². The van der Waals surface area contributed by atoms with E-state index < -0.39 is 0 Å². The summed E-state index contributed by atoms with van der Waals surface area (Å²) in [6.07, 6.45) is 1.20. The highest BCUT2D eigenvalue weighted by Gasteiger charge is 2.08. The second kappa shape index (κ2) is 7.70. The second-order valence-electron chi connectivity index (χ2n) is 4.49. The Bertz CT molecular complexity index is 385. The summed E-state index contributed by atoms with van der Waals surface area (Å²) in [6.45, 7) is 6.18. The molecule has 0 aliphatic rings. The Balaban J connectivity index is 2.60. The summed E-state index contributed by atoms with van der Waals surface area (Å²) in [6, 6.07) is 0.218. The Kier molecular flexibility index (Phi) is 6.23. The number of nitrogens with one attached hydrogen (secondary N) is 2. The highest BCUT2D eigenvalue weighted by atomic mass is 16.5. The molecule has 0 aliphatic carbocycles. The molecule has 8 heteroatoms. The lowest BCUT2D eigenvalue weighted by Gasteiger charge is -2.11. The predicted octanol–water partition coefficient (Wildman–Crippen LogP) is 0.517. The van der Waals surface area contributed by atoms with Crippen LogP contribution in [0, 0.1) is 0 Å². The average Bonchev–Trinajstić information content (AvgIpc) is 2.33. The van der Waals surface area contributed by atoms with Crippen LogP contribution in [0.3, 0.4) is 0 Å². The zero-order valence-electron chi connectivity index (χ0n) is 11.6. The van der Waals surface area contributed by atoms with Gasteiger partial charge in [-0.05, 0) is 33.6 Å². The lowest BCUT2D eigenvalue weighted by molar-refractivity contribution is 0.183. The molecule has 0 fully saturated rings. The van der Waals surface area contributed by atoms with Gasteiger partial charge in [0.2, 0.25) is 11.9 Å². The molecule has 0 saturated heterocycles. The molecule has 1 aromatic heterocycles. The van der Waals surface area contributed by atoms with Crippen molar-refractivity contribution in [1.29, 1.82) is 0 Å². The maximum Gasteiger partial charge on any atom is 0.323 e. The number of nitrogens with two attached hydrogens (primary N) is 1. The third-order valence-corrected chi connectivity index (χ3v) is 2.17. The van der Waals surface area contributed by atoms with Gasteiger partial charge in [0, 0.05) is 6.54 Å². The molecular formula is C11H22N6O2. The van der Waals surface area contributed by atoms with Gasteiger partial charge in [-0.25, -0.2) is 5.84 Å². The summed E-state index contributed by atoms with van der Waals surface area (Å²) < 4.78 is 5.40. The number of rotatable bonds is 8. The Morgan fingerprint density at radius 2 is 1.89 bits per heavy atom. The lowest BCUT2D eigenvalue weighted by Crippen LogP contribution is -2.17. The number of hydrogen-bond acceptors (Lipinski definition) is 8. The number of aliphatic hydroxyl groups excluding tert-OH is 1. The van der Waals surface area contributed by atoms with Crippen molar-refractivity contribution in [3.05, 3.63) is 0 Å². The van der Waals surface area contributed by atoms with E-state index in [0.717, 1.165) is 12.8 Å². The normalized spacial score (nSPS) is 12.3. The molecule has 5 N–H and O–H groups in total. The predicted molar refractivity (Wildman–Crippen MR) is 72.8 cm³/mol. The van der Waals surface area contributed by atoms with E-state index in [-0.39, 0.29) is 24.2 Å². The number of hydrazine groups is 1. The Morgan fingerprint density at radius 3 is 2.47 bits per heavy atom. The number of anilines is 2. The molecule has 8 nitrogen and oxygen atoms in total. The first-order valence-corrected chi connectivity index (χ1v) is 6.32. The van der Waals surface area contributed by atoms with Crippen LogP contribution in [0.2, 0.25) is 0 Å². The van der Waals surface area contributed by atoms with Crippen LogP contribution in [-0.2, 0) is 0 Å². The summed E-state index contributed by atoms with van der Waals surface area (Å²) >= 11 is 0. The molecule has 19 heavy (non-hydrogen) atoms. The van der Waals surface area contributed by atoms with Crippen molar-refractivity contribution in [2.75, 3.05) is 17.3 Å². The quantitative estimate of drug-likeness (QED) is 0.307. The Hall–Kier alpha value is -1.67. The van der Waals surface area contributed by atoms with Crippen molar-refractivity contribution in [1.82, 2.24) is 15.0 Å². The summed E-state index contributed by atoms with van der Waals surface area (Å²) in [5, 5.41) is 12.2. The smallest absolute Gasteiger partial charge is 0.323 e. The van der Waals surface area contributed by atoms with Crippen molar-refractivity contribution >= 4 is 11.9 Å². The number of aromatic nitrogens is 3. The number of nitrogen functional groups attached to an aromatic ring is 1. The van der Waals surface area contributed by atoms with Gasteiger partial charge >= 0.3 is 6.01 Å². The highest BCUT2D eigenvalue weighted by Crippen LogP contribution is 2.12. The summed E-state index contributed by atoms with van der Waals surface area (Å²) in [5.74, 6) is 5.93. The molecule has 0 aromatic carbocycles. The number of aliphatic hydroxyl groups is 1. The largest absolute Gasteiger partial charge is 0.461 e. The van der Waals surface area contributed by atoms with Gasteiger partial charge in [-0.1, -0.05) is 0 Å². The fraction of sp³-hybridized carbons (Fsp3) is 0.727. The standard InChI is InChI=1S/C11H22N6O2/c1-7(2)19-11-15-9(14-10(16-11)17-12)13-6-4-5-8(3)18/h7-8,18H,4-6,12H2,1-3H3,(H2,13,14,15,16,17). The minimum absolute atomic E-state index is 0.0314. The van der Waals surface area contributed by atoms with E-state index in [1.54, 1.807) is 6.92 Å². The summed E-state index contributed by atoms with van der Waals surface area (Å²) in [7, 11) is 0. The van der Waals surface area contributed by atoms with Crippen molar-refractivity contribution in [3.63, 3.8) is 0 Å². The van der Waals surface area contributed by atoms with Gasteiger partial charge in [-0.3, -0.25) is 5.43 Å². The van der Waals surface area contributed by atoms with Gasteiger partial charge in [0.15, 0.2) is 0 Å². The second-order valence-corrected chi connectivity index (χ2v) is 4.49. The van der Waals surface area contributed by atoms with Crippen molar-refractivity contribution in [2.45, 2.75) is 45.8 Å². The first-order valence-electron chi connectivity index (χ1n) is 6.32. The molecule has 0 spiro atoms. The van der Waals surface area contributed by atoms with E-state index in [9.17, 15) is 0 Å². The molecule has 0 amide bonds. The van der Waals surface area contributed by atoms with E-state index >= 15 is 0 Å². The fourth-order valence-corrected chi connectivity index (χ4v) is 1.36. The van der Waals surface area contributed by atoms with Gasteiger partial charge < -0.3 is 15.2 Å². The van der Waals surface area contributed by atoms with E-state index in [1.807, 2.05) is 13.8 Å². The molecule has 1 heterocycles. The molecule has 1 aromatic rings. The summed E-state index contributed by atoms with van der Waals surface area (Å²) in [4.78, 5) is 12.2. The topological polar surface area (TPSA) is 118 Å². The van der Waals surface area contributed by atoms with Gasteiger partial charge in [-0.15, -0.1) is 0 Å². The third-order valence-electron chi connectivity index (χ3n) is 2.17. The van der Waals surface area contributed by atoms with E-state index in [0.29, 0.717) is 12.5 Å². The van der Waals surface area contributed by atoms with Crippen molar-refractivity contribution in [2.24, 2.45) is 5.84 Å². The zero-order valence-corrected chi connectivity index (χ0v) is 11.6. The molecule has 108 valence electrons. The maximum absolute atomic E-state index is 9.16. The van der Waals surface area contributed by atoms with E-state index in [2.05, 4.69) is 25.7 Å². The first-order chi connectivity index (χ1) is 9.01. The van der Waals surface area contributed by atoms with Crippen molar-refractivity contribution in [3.8, 4) is 6.01 Å². The maximum atomic E-state index is 9.16. The number of hydrogen-bond donors (Lipinski definition) is 4. The molecule has 0 aliphatic heterocycles. The molecular weight excluding hydrogens is 248 g/mol. The zero-order chi connectivity index (χ0) is 14.3. The highest BCUT2D eigenvalue weighted by molar-refractivity contribution is 5.34. The average molecular weight is 270 g/mol. The van der Waals surface area contributed by atoms with Crippen LogP contribution in [0.5, 0.6) is 6.01 Å². The molecule has 1 atom stereocenters. The molecule has 1 unspecified atom stereocenters. The monoisotopic (exact) mass is 270 g/mol. The van der Waals surface area contributed by atoms with Gasteiger partial charge in [0.1, 0.15) is 0 Å². The first kappa shape index (κ1) is 15.4. The van der Waals surface area contributed by atoms with Crippen LogP contribution in [0.15, 0.2) is 0 Å². The van der Waals surface area contributed by atoms with Crippen LogP contribution in [0.25, 0.3) is 0 Å². The van der Waals surface area contributed by atoms with E-state index in [4.69, 9.17) is 15.7 Å². The molecule has 0 bridgehead atoms. The molecule has 0 radical (unpaired) electrons. The van der Waals surface area contributed by atoms with Crippen LogP contribution >= 0.6 is 0 Å². The van der Waals surface area contributed by atoms with Crippen LogP contribution in [-0.4, -0.2) is 38.8 Å². The van der Waals surface area contributed by atoms with Crippen LogP contribution in [0.1, 0.15) is 33.6 Å². The Labute approximate surface area is 112 Å². The fourth-order valence-electron chi connectivity index (χ4n) is 1.36. The number of nitrogens with zero attached hydrogens (tertiary/aromatic N) is 3. The van der Waals surface area contributed by atoms with Gasteiger partial charge in [0.25, 0.3) is 0 Å². The number of ether oxygens (including phenoxy) is 1. The SMILES string of the molecule is CC(O)CCCNc1nc(NN)nc(OC(C)C)n1. The van der Waals surface area contributed by atoms with E-state index in [1.165, 1.54) is 0 Å². The minimum Gasteiger partial charge on any atom is -0.461 e. The van der Waals surface area contributed by atoms with Crippen LogP contribution in [0.4, 0.5) is 11.9 Å². The Morgan fingerprint density at radius 1 is 1.21 bits per heavy atom. The molecule has 1 rings (SSSR count). The van der Waals surface area contributed by atoms with Gasteiger partial charge in [-0.2, -0.15) is 15.0 Å². The van der Waals surface area contributed by atoms with Crippen LogP contribution < -0.4 is 21.3 Å². The molecule has 0 saturated carbocycles.